The van der Waals surface area contributed by atoms with Crippen LogP contribution in [0.5, 0.6) is 0 Å². The van der Waals surface area contributed by atoms with Gasteiger partial charge in [-0.25, -0.2) is 0 Å². The summed E-state index contributed by atoms with van der Waals surface area (Å²) in [5, 5.41) is 15.3. The molecular formula is C30H27BO3S. The fraction of sp³-hybridized carbons (Fsp3) is 0.200. The molecule has 6 rings (SSSR count). The summed E-state index contributed by atoms with van der Waals surface area (Å²) in [6, 6.07) is 27.6. The van der Waals surface area contributed by atoms with E-state index in [1.807, 2.05) is 43.4 Å². The van der Waals surface area contributed by atoms with E-state index in [1.165, 1.54) is 25.7 Å². The van der Waals surface area contributed by atoms with Gasteiger partial charge in [-0.1, -0.05) is 60.7 Å². The van der Waals surface area contributed by atoms with Crippen LogP contribution in [-0.2, 0) is 4.65 Å². The fourth-order valence-electron chi connectivity index (χ4n) is 4.68. The van der Waals surface area contributed by atoms with Crippen molar-refractivity contribution >= 4 is 66.4 Å². The normalized spacial score (nSPS) is 12.8. The largest absolute Gasteiger partial charge is 0.456 e. The van der Waals surface area contributed by atoms with Crippen LogP contribution in [0.2, 0.25) is 0 Å². The summed E-state index contributed by atoms with van der Waals surface area (Å²) in [5.74, 6) is 0. The van der Waals surface area contributed by atoms with Gasteiger partial charge in [-0.2, -0.15) is 0 Å². The Balaban J connectivity index is 1.58. The zero-order valence-electron chi connectivity index (χ0n) is 20.4. The highest BCUT2D eigenvalue weighted by Crippen LogP contribution is 2.43. The van der Waals surface area contributed by atoms with E-state index in [2.05, 4.69) is 60.7 Å². The van der Waals surface area contributed by atoms with Crippen LogP contribution in [0, 0.1) is 0 Å². The Labute approximate surface area is 209 Å². The van der Waals surface area contributed by atoms with Crippen LogP contribution >= 0.6 is 11.3 Å². The lowest BCUT2D eigenvalue weighted by Gasteiger charge is -2.37. The topological polar surface area (TPSA) is 42.6 Å². The second-order valence-corrected chi connectivity index (χ2v) is 11.3. The molecule has 0 bridgehead atoms. The molecule has 174 valence electrons. The van der Waals surface area contributed by atoms with Crippen LogP contribution in [0.3, 0.4) is 0 Å². The molecule has 0 atom stereocenters. The molecule has 3 nitrogen and oxygen atoms in total. The first-order valence-electron chi connectivity index (χ1n) is 11.9. The second-order valence-electron chi connectivity index (χ2n) is 10.2. The predicted molar refractivity (Wildman–Crippen MR) is 150 cm³/mol. The van der Waals surface area contributed by atoms with Crippen molar-refractivity contribution in [2.75, 3.05) is 0 Å². The zero-order chi connectivity index (χ0) is 24.4. The Morgan fingerprint density at radius 1 is 0.743 bits per heavy atom. The van der Waals surface area contributed by atoms with Crippen LogP contribution < -0.4 is 5.46 Å². The number of rotatable bonds is 5. The molecule has 2 heterocycles. The van der Waals surface area contributed by atoms with Crippen molar-refractivity contribution in [1.82, 2.24) is 0 Å². The van der Waals surface area contributed by atoms with Crippen LogP contribution in [0.25, 0.3) is 53.2 Å². The van der Waals surface area contributed by atoms with Crippen molar-refractivity contribution in [3.05, 3.63) is 78.9 Å². The number of benzene rings is 4. The number of hydrogen-bond donors (Lipinski definition) is 1. The first-order chi connectivity index (χ1) is 16.7. The summed E-state index contributed by atoms with van der Waals surface area (Å²) in [7, 11) is 0.379. The minimum Gasteiger partial charge on any atom is -0.456 e. The predicted octanol–water partition coefficient (Wildman–Crippen LogP) is 7.16. The third-order valence-corrected chi connectivity index (χ3v) is 8.58. The molecule has 0 saturated heterocycles. The molecule has 0 radical (unpaired) electrons. The van der Waals surface area contributed by atoms with E-state index in [0.717, 1.165) is 33.0 Å². The van der Waals surface area contributed by atoms with Gasteiger partial charge in [0.05, 0.1) is 11.2 Å². The molecule has 5 heteroatoms. The van der Waals surface area contributed by atoms with E-state index >= 15 is 0 Å². The Morgan fingerprint density at radius 3 is 2.20 bits per heavy atom. The molecule has 0 aliphatic heterocycles. The highest BCUT2D eigenvalue weighted by molar-refractivity contribution is 7.26. The van der Waals surface area contributed by atoms with Crippen molar-refractivity contribution in [1.29, 1.82) is 0 Å². The molecular weight excluding hydrogens is 451 g/mol. The third kappa shape index (κ3) is 3.58. The molecule has 6 aromatic rings. The maximum atomic E-state index is 10.6. The maximum absolute atomic E-state index is 10.6. The second kappa shape index (κ2) is 7.96. The van der Waals surface area contributed by atoms with Gasteiger partial charge >= 0.3 is 7.48 Å². The number of fused-ring (bicyclic) bond motifs is 6. The summed E-state index contributed by atoms with van der Waals surface area (Å²) in [5.41, 5.74) is 3.45. The van der Waals surface area contributed by atoms with Gasteiger partial charge in [-0.3, -0.25) is 0 Å². The lowest BCUT2D eigenvalue weighted by atomic mass is 9.80. The lowest BCUT2D eigenvalue weighted by Crippen LogP contribution is -2.49. The highest BCUT2D eigenvalue weighted by Gasteiger charge is 2.36. The monoisotopic (exact) mass is 478 g/mol. The van der Waals surface area contributed by atoms with E-state index in [1.54, 1.807) is 13.8 Å². The van der Waals surface area contributed by atoms with Crippen molar-refractivity contribution < 1.29 is 14.2 Å². The maximum Gasteiger partial charge on any atom is 0.310 e. The third-order valence-electron chi connectivity index (χ3n) is 7.37. The van der Waals surface area contributed by atoms with Crippen LogP contribution in [-0.4, -0.2) is 23.8 Å². The smallest absolute Gasteiger partial charge is 0.310 e. The van der Waals surface area contributed by atoms with E-state index in [0.29, 0.717) is 7.48 Å². The van der Waals surface area contributed by atoms with Gasteiger partial charge in [-0.15, -0.1) is 11.3 Å². The molecule has 1 N–H and O–H groups in total. The molecule has 0 aliphatic carbocycles. The molecule has 0 unspecified atom stereocenters. The first kappa shape index (κ1) is 22.4. The highest BCUT2D eigenvalue weighted by atomic mass is 32.1. The minimum atomic E-state index is -0.971. The molecule has 4 aromatic carbocycles. The summed E-state index contributed by atoms with van der Waals surface area (Å²) in [6.07, 6.45) is 0. The van der Waals surface area contributed by atoms with E-state index in [9.17, 15) is 5.11 Å². The van der Waals surface area contributed by atoms with Gasteiger partial charge in [-0.05, 0) is 56.9 Å². The van der Waals surface area contributed by atoms with Gasteiger partial charge in [0.25, 0.3) is 0 Å². The Bertz CT molecular complexity index is 1720. The Morgan fingerprint density at radius 2 is 1.40 bits per heavy atom. The van der Waals surface area contributed by atoms with E-state index < -0.39 is 11.2 Å². The van der Waals surface area contributed by atoms with E-state index in [-0.39, 0.29) is 0 Å². The van der Waals surface area contributed by atoms with Crippen LogP contribution in [0.4, 0.5) is 0 Å². The summed E-state index contributed by atoms with van der Waals surface area (Å²) in [6.45, 7) is 7.41. The quantitative estimate of drug-likeness (QED) is 0.267. The van der Waals surface area contributed by atoms with Crippen molar-refractivity contribution in [2.24, 2.45) is 0 Å². The van der Waals surface area contributed by atoms with Gasteiger partial charge in [0.15, 0.2) is 0 Å². The zero-order valence-corrected chi connectivity index (χ0v) is 21.2. The molecule has 0 spiro atoms. The van der Waals surface area contributed by atoms with Crippen molar-refractivity contribution in [3.63, 3.8) is 0 Å². The average molecular weight is 478 g/mol. The van der Waals surface area contributed by atoms with Crippen LogP contribution in [0.15, 0.2) is 83.3 Å². The first-order valence-corrected chi connectivity index (χ1v) is 12.8. The Kier molecular flexibility index (Phi) is 5.08. The van der Waals surface area contributed by atoms with Crippen molar-refractivity contribution in [3.8, 4) is 11.1 Å². The number of aliphatic hydroxyl groups is 1. The Hall–Kier alpha value is -3.12. The SMILES string of the molecule is CC(C)(O)C(C)(C)OBc1cccc2oc3cccc(-c4cccc5c4sc4ccccc45)c3c12. The van der Waals surface area contributed by atoms with Gasteiger partial charge < -0.3 is 14.2 Å². The minimum absolute atomic E-state index is 0.379. The standard InChI is InChI=1S/C30H27BO3S/c1-29(2,32)30(3,4)34-31-22-14-9-16-24-27(22)26-19(11-8-15-23(26)33-24)21-13-7-12-20-18-10-5-6-17-25(18)35-28(20)21/h5-17,31-32H,1-4H3. The number of furan rings is 1. The summed E-state index contributed by atoms with van der Waals surface area (Å²) in [4.78, 5) is 0. The fourth-order valence-corrected chi connectivity index (χ4v) is 5.91. The molecule has 2 aromatic heterocycles. The lowest BCUT2D eigenvalue weighted by molar-refractivity contribution is -0.0893. The van der Waals surface area contributed by atoms with Gasteiger partial charge in [0.1, 0.15) is 11.2 Å². The van der Waals surface area contributed by atoms with Crippen molar-refractivity contribution in [2.45, 2.75) is 38.9 Å². The molecule has 0 amide bonds. The molecule has 0 aliphatic rings. The van der Waals surface area contributed by atoms with Crippen LogP contribution in [0.1, 0.15) is 27.7 Å². The van der Waals surface area contributed by atoms with Gasteiger partial charge in [0.2, 0.25) is 0 Å². The summed E-state index contributed by atoms with van der Waals surface area (Å²) >= 11 is 1.84. The van der Waals surface area contributed by atoms with E-state index in [4.69, 9.17) is 9.07 Å². The van der Waals surface area contributed by atoms with Gasteiger partial charge in [0, 0.05) is 36.5 Å². The average Bonchev–Trinajstić information content (AvgIpc) is 3.40. The number of hydrogen-bond acceptors (Lipinski definition) is 4. The molecule has 35 heavy (non-hydrogen) atoms. The summed E-state index contributed by atoms with van der Waals surface area (Å²) < 4.78 is 15.2. The molecule has 0 fully saturated rings. The molecule has 0 saturated carbocycles. The number of thiophene rings is 1.